The number of benzene rings is 1. The van der Waals surface area contributed by atoms with Crippen LogP contribution in [0.1, 0.15) is 21.5 Å². The van der Waals surface area contributed by atoms with E-state index in [9.17, 15) is 4.79 Å². The zero-order valence-corrected chi connectivity index (χ0v) is 11.5. The van der Waals surface area contributed by atoms with Crippen LogP contribution in [-0.4, -0.2) is 22.8 Å². The van der Waals surface area contributed by atoms with Crippen LogP contribution in [0.2, 0.25) is 0 Å². The summed E-state index contributed by atoms with van der Waals surface area (Å²) in [5.74, 6) is 0.354. The van der Waals surface area contributed by atoms with Crippen LogP contribution in [-0.2, 0) is 7.05 Å². The standard InChI is InChI=1S/C14H14N4O2/c1-9-4-5-12(20-3)11(6-9)14(19)16-13-10(7-15)8-18(2)17-13/h4-6,8H,1-3H3,(H,16,17,19). The number of amides is 1. The van der Waals surface area contributed by atoms with Gasteiger partial charge >= 0.3 is 0 Å². The lowest BCUT2D eigenvalue weighted by Crippen LogP contribution is -2.14. The molecule has 1 N–H and O–H groups in total. The highest BCUT2D eigenvalue weighted by Gasteiger charge is 2.16. The summed E-state index contributed by atoms with van der Waals surface area (Å²) in [5.41, 5.74) is 1.66. The summed E-state index contributed by atoms with van der Waals surface area (Å²) < 4.78 is 6.64. The van der Waals surface area contributed by atoms with E-state index in [0.717, 1.165) is 5.56 Å². The van der Waals surface area contributed by atoms with Gasteiger partial charge in [0.1, 0.15) is 17.4 Å². The van der Waals surface area contributed by atoms with Crippen molar-refractivity contribution in [2.24, 2.45) is 7.05 Å². The van der Waals surface area contributed by atoms with Crippen molar-refractivity contribution in [1.82, 2.24) is 9.78 Å². The van der Waals surface area contributed by atoms with E-state index in [1.807, 2.05) is 19.1 Å². The number of carbonyl (C=O) groups excluding carboxylic acids is 1. The lowest BCUT2D eigenvalue weighted by Gasteiger charge is -2.09. The zero-order valence-electron chi connectivity index (χ0n) is 11.5. The number of nitriles is 1. The fraction of sp³-hybridized carbons (Fsp3) is 0.214. The molecular weight excluding hydrogens is 256 g/mol. The molecule has 6 nitrogen and oxygen atoms in total. The average molecular weight is 270 g/mol. The third-order valence-corrected chi connectivity index (χ3v) is 2.78. The maximum atomic E-state index is 12.3. The Balaban J connectivity index is 2.33. The largest absolute Gasteiger partial charge is 0.496 e. The molecule has 0 atom stereocenters. The monoisotopic (exact) mass is 270 g/mol. The van der Waals surface area contributed by atoms with E-state index < -0.39 is 0 Å². The van der Waals surface area contributed by atoms with Crippen LogP contribution in [0.5, 0.6) is 5.75 Å². The topological polar surface area (TPSA) is 79.9 Å². The molecule has 0 saturated carbocycles. The Morgan fingerprint density at radius 3 is 2.90 bits per heavy atom. The average Bonchev–Trinajstić information content (AvgIpc) is 2.78. The van der Waals surface area contributed by atoms with Gasteiger partial charge in [-0.1, -0.05) is 11.6 Å². The lowest BCUT2D eigenvalue weighted by molar-refractivity contribution is 0.102. The van der Waals surface area contributed by atoms with Crippen molar-refractivity contribution in [2.75, 3.05) is 12.4 Å². The molecule has 0 radical (unpaired) electrons. The molecule has 0 saturated heterocycles. The summed E-state index contributed by atoms with van der Waals surface area (Å²) in [4.78, 5) is 12.3. The predicted molar refractivity (Wildman–Crippen MR) is 73.6 cm³/mol. The molecule has 0 bridgehead atoms. The summed E-state index contributed by atoms with van der Waals surface area (Å²) in [6, 6.07) is 7.30. The number of rotatable bonds is 3. The fourth-order valence-corrected chi connectivity index (χ4v) is 1.84. The number of nitrogens with one attached hydrogen (secondary N) is 1. The van der Waals surface area contributed by atoms with E-state index in [2.05, 4.69) is 10.4 Å². The fourth-order valence-electron chi connectivity index (χ4n) is 1.84. The smallest absolute Gasteiger partial charge is 0.260 e. The van der Waals surface area contributed by atoms with Crippen LogP contribution in [0.15, 0.2) is 24.4 Å². The van der Waals surface area contributed by atoms with E-state index in [-0.39, 0.29) is 11.7 Å². The number of anilines is 1. The molecule has 2 rings (SSSR count). The molecule has 2 aromatic rings. The maximum Gasteiger partial charge on any atom is 0.260 e. The van der Waals surface area contributed by atoms with Crippen LogP contribution in [0.25, 0.3) is 0 Å². The molecule has 0 aliphatic carbocycles. The van der Waals surface area contributed by atoms with Crippen molar-refractivity contribution in [3.05, 3.63) is 41.1 Å². The minimum absolute atomic E-state index is 0.239. The van der Waals surface area contributed by atoms with E-state index in [1.165, 1.54) is 11.8 Å². The number of hydrogen-bond donors (Lipinski definition) is 1. The molecule has 0 fully saturated rings. The molecule has 1 aromatic carbocycles. The highest BCUT2D eigenvalue weighted by atomic mass is 16.5. The van der Waals surface area contributed by atoms with Gasteiger partial charge < -0.3 is 10.1 Å². The van der Waals surface area contributed by atoms with Crippen LogP contribution in [0, 0.1) is 18.3 Å². The molecule has 102 valence electrons. The Hall–Kier alpha value is -2.81. The second-order valence-corrected chi connectivity index (χ2v) is 4.33. The maximum absolute atomic E-state index is 12.3. The van der Waals surface area contributed by atoms with Gasteiger partial charge in [0.2, 0.25) is 0 Å². The van der Waals surface area contributed by atoms with E-state index in [4.69, 9.17) is 10.00 Å². The molecule has 1 aromatic heterocycles. The molecule has 1 amide bonds. The lowest BCUT2D eigenvalue weighted by atomic mass is 10.1. The highest BCUT2D eigenvalue weighted by molar-refractivity contribution is 6.06. The van der Waals surface area contributed by atoms with Gasteiger partial charge in [0.25, 0.3) is 5.91 Å². The Labute approximate surface area is 116 Å². The molecule has 0 aliphatic heterocycles. The molecule has 0 spiro atoms. The molecule has 6 heteroatoms. The second-order valence-electron chi connectivity index (χ2n) is 4.33. The summed E-state index contributed by atoms with van der Waals surface area (Å²) in [5, 5.41) is 15.7. The van der Waals surface area contributed by atoms with Crippen molar-refractivity contribution in [1.29, 1.82) is 5.26 Å². The van der Waals surface area contributed by atoms with Gasteiger partial charge in [0, 0.05) is 13.2 Å². The quantitative estimate of drug-likeness (QED) is 0.923. The summed E-state index contributed by atoms with van der Waals surface area (Å²) >= 11 is 0. The van der Waals surface area contributed by atoms with Crippen molar-refractivity contribution in [2.45, 2.75) is 6.92 Å². The van der Waals surface area contributed by atoms with E-state index >= 15 is 0 Å². The van der Waals surface area contributed by atoms with Gasteiger partial charge in [0.05, 0.1) is 12.7 Å². The first-order valence-corrected chi connectivity index (χ1v) is 5.95. The van der Waals surface area contributed by atoms with Gasteiger partial charge in [-0.3, -0.25) is 9.48 Å². The molecular formula is C14H14N4O2. The van der Waals surface area contributed by atoms with Crippen LogP contribution >= 0.6 is 0 Å². The first kappa shape index (κ1) is 13.6. The second kappa shape index (κ2) is 5.45. The van der Waals surface area contributed by atoms with Crippen LogP contribution < -0.4 is 10.1 Å². The van der Waals surface area contributed by atoms with Crippen molar-refractivity contribution in [3.8, 4) is 11.8 Å². The first-order valence-electron chi connectivity index (χ1n) is 5.95. The number of nitrogens with zero attached hydrogens (tertiary/aromatic N) is 3. The Morgan fingerprint density at radius 2 is 2.25 bits per heavy atom. The first-order chi connectivity index (χ1) is 9.55. The Bertz CT molecular complexity index is 698. The number of ether oxygens (including phenoxy) is 1. The third kappa shape index (κ3) is 2.62. The Morgan fingerprint density at radius 1 is 1.50 bits per heavy atom. The molecule has 1 heterocycles. The van der Waals surface area contributed by atoms with Crippen LogP contribution in [0.3, 0.4) is 0 Å². The van der Waals surface area contributed by atoms with Gasteiger partial charge in [-0.15, -0.1) is 0 Å². The summed E-state index contributed by atoms with van der Waals surface area (Å²) in [6.45, 7) is 1.89. The normalized spacial score (nSPS) is 9.90. The SMILES string of the molecule is COc1ccc(C)cc1C(=O)Nc1nn(C)cc1C#N. The number of aromatic nitrogens is 2. The van der Waals surface area contributed by atoms with Crippen LogP contribution in [0.4, 0.5) is 5.82 Å². The van der Waals surface area contributed by atoms with Gasteiger partial charge in [-0.05, 0) is 19.1 Å². The summed E-state index contributed by atoms with van der Waals surface area (Å²) in [6.07, 6.45) is 1.54. The third-order valence-electron chi connectivity index (χ3n) is 2.78. The van der Waals surface area contributed by atoms with Crippen molar-refractivity contribution in [3.63, 3.8) is 0 Å². The predicted octanol–water partition coefficient (Wildman–Crippen LogP) is 1.86. The van der Waals surface area contributed by atoms with Gasteiger partial charge in [-0.2, -0.15) is 10.4 Å². The zero-order chi connectivity index (χ0) is 14.7. The van der Waals surface area contributed by atoms with Gasteiger partial charge in [-0.25, -0.2) is 0 Å². The minimum Gasteiger partial charge on any atom is -0.496 e. The molecule has 0 unspecified atom stereocenters. The van der Waals surface area contributed by atoms with Crippen molar-refractivity contribution < 1.29 is 9.53 Å². The summed E-state index contributed by atoms with van der Waals surface area (Å²) in [7, 11) is 3.19. The number of aryl methyl sites for hydroxylation is 2. The molecule has 0 aliphatic rings. The van der Waals surface area contributed by atoms with E-state index in [0.29, 0.717) is 16.9 Å². The minimum atomic E-state index is -0.360. The number of hydrogen-bond acceptors (Lipinski definition) is 4. The van der Waals surface area contributed by atoms with E-state index in [1.54, 1.807) is 25.4 Å². The Kier molecular flexibility index (Phi) is 3.71. The van der Waals surface area contributed by atoms with Crippen molar-refractivity contribution >= 4 is 11.7 Å². The van der Waals surface area contributed by atoms with Gasteiger partial charge in [0.15, 0.2) is 5.82 Å². The highest BCUT2D eigenvalue weighted by Crippen LogP contribution is 2.21. The number of methoxy groups -OCH3 is 1. The molecule has 20 heavy (non-hydrogen) atoms. The number of carbonyl (C=O) groups is 1.